The van der Waals surface area contributed by atoms with Gasteiger partial charge in [-0.25, -0.2) is 9.07 Å². The van der Waals surface area contributed by atoms with E-state index in [1.807, 2.05) is 30.3 Å². The third-order valence-corrected chi connectivity index (χ3v) is 5.04. The Hall–Kier alpha value is -3.06. The van der Waals surface area contributed by atoms with E-state index < -0.39 is 0 Å². The molecule has 4 rings (SSSR count). The first-order valence-electron chi connectivity index (χ1n) is 9.77. The first-order chi connectivity index (χ1) is 14.2. The second-order valence-electron chi connectivity index (χ2n) is 7.20. The number of aromatic nitrogens is 3. The van der Waals surface area contributed by atoms with Crippen molar-refractivity contribution in [2.75, 3.05) is 13.1 Å². The Bertz CT molecular complexity index is 960. The molecule has 2 heterocycles. The first kappa shape index (κ1) is 19.3. The van der Waals surface area contributed by atoms with Crippen LogP contribution in [0.1, 0.15) is 34.5 Å². The Kier molecular flexibility index (Phi) is 5.95. The molecule has 1 fully saturated rings. The maximum absolute atomic E-state index is 13.8. The van der Waals surface area contributed by atoms with Crippen molar-refractivity contribution >= 4 is 5.91 Å². The van der Waals surface area contributed by atoms with Gasteiger partial charge in [-0.3, -0.25) is 4.79 Å². The van der Waals surface area contributed by atoms with Crippen molar-refractivity contribution in [1.82, 2.24) is 19.9 Å². The first-order valence-corrected chi connectivity index (χ1v) is 9.77. The van der Waals surface area contributed by atoms with Crippen LogP contribution in [-0.4, -0.2) is 45.0 Å². The fraction of sp³-hybridized carbons (Fsp3) is 0.318. The van der Waals surface area contributed by atoms with Crippen LogP contribution in [-0.2, 0) is 17.9 Å². The number of carbonyl (C=O) groups is 1. The summed E-state index contributed by atoms with van der Waals surface area (Å²) < 4.78 is 21.3. The van der Waals surface area contributed by atoms with Gasteiger partial charge in [-0.15, -0.1) is 5.10 Å². The molecule has 0 aliphatic carbocycles. The maximum Gasteiger partial charge on any atom is 0.276 e. The van der Waals surface area contributed by atoms with Crippen molar-refractivity contribution in [2.24, 2.45) is 0 Å². The molecule has 1 amide bonds. The fourth-order valence-corrected chi connectivity index (χ4v) is 3.48. The van der Waals surface area contributed by atoms with Crippen molar-refractivity contribution in [1.29, 1.82) is 0 Å². The molecule has 1 atom stereocenters. The lowest BCUT2D eigenvalue weighted by molar-refractivity contribution is -0.00689. The Balaban J connectivity index is 1.35. The van der Waals surface area contributed by atoms with E-state index in [4.69, 9.17) is 4.74 Å². The third-order valence-electron chi connectivity index (χ3n) is 5.04. The predicted molar refractivity (Wildman–Crippen MR) is 106 cm³/mol. The standard InChI is InChI=1S/C22H23FN4O2/c23-20-11-5-4-9-18(20)13-27-15-21(24-25-27)22(28)26-12-6-10-19(14-26)29-16-17-7-2-1-3-8-17/h1-5,7-9,11,15,19H,6,10,12-14,16H2. The Morgan fingerprint density at radius 1 is 1.14 bits per heavy atom. The van der Waals surface area contributed by atoms with Crippen LogP contribution in [0.4, 0.5) is 4.39 Å². The Morgan fingerprint density at radius 2 is 1.93 bits per heavy atom. The summed E-state index contributed by atoms with van der Waals surface area (Å²) in [5.41, 5.74) is 1.89. The summed E-state index contributed by atoms with van der Waals surface area (Å²) in [7, 11) is 0. The van der Waals surface area contributed by atoms with Gasteiger partial charge in [-0.1, -0.05) is 53.7 Å². The Labute approximate surface area is 168 Å². The molecule has 150 valence electrons. The third kappa shape index (κ3) is 4.86. The molecular formula is C22H23FN4O2. The second-order valence-corrected chi connectivity index (χ2v) is 7.20. The average molecular weight is 394 g/mol. The van der Waals surface area contributed by atoms with Crippen molar-refractivity contribution in [3.05, 3.63) is 83.4 Å². The molecule has 3 aromatic rings. The molecule has 0 saturated carbocycles. The van der Waals surface area contributed by atoms with Crippen molar-refractivity contribution in [2.45, 2.75) is 32.1 Å². The maximum atomic E-state index is 13.8. The molecule has 7 heteroatoms. The zero-order valence-electron chi connectivity index (χ0n) is 16.1. The highest BCUT2D eigenvalue weighted by Crippen LogP contribution is 2.17. The van der Waals surface area contributed by atoms with Crippen LogP contribution in [0.3, 0.4) is 0 Å². The molecule has 1 aliphatic rings. The number of nitrogens with zero attached hydrogens (tertiary/aromatic N) is 4. The van der Waals surface area contributed by atoms with Gasteiger partial charge in [0.25, 0.3) is 5.91 Å². The molecule has 6 nitrogen and oxygen atoms in total. The lowest BCUT2D eigenvalue weighted by atomic mass is 10.1. The number of hydrogen-bond acceptors (Lipinski definition) is 4. The molecule has 2 aromatic carbocycles. The zero-order chi connectivity index (χ0) is 20.1. The van der Waals surface area contributed by atoms with Crippen LogP contribution in [0.15, 0.2) is 60.8 Å². The number of ether oxygens (including phenoxy) is 1. The molecule has 29 heavy (non-hydrogen) atoms. The largest absolute Gasteiger partial charge is 0.372 e. The van der Waals surface area contributed by atoms with E-state index >= 15 is 0 Å². The molecule has 0 bridgehead atoms. The van der Waals surface area contributed by atoms with Gasteiger partial charge >= 0.3 is 0 Å². The minimum absolute atomic E-state index is 0.00126. The monoisotopic (exact) mass is 394 g/mol. The van der Waals surface area contributed by atoms with Crippen molar-refractivity contribution in [3.8, 4) is 0 Å². The fourth-order valence-electron chi connectivity index (χ4n) is 3.48. The van der Waals surface area contributed by atoms with Gasteiger partial charge in [0.2, 0.25) is 0 Å². The molecule has 0 spiro atoms. The van der Waals surface area contributed by atoms with Gasteiger partial charge < -0.3 is 9.64 Å². The van der Waals surface area contributed by atoms with Crippen LogP contribution in [0.2, 0.25) is 0 Å². The number of carbonyl (C=O) groups excluding carboxylic acids is 1. The van der Waals surface area contributed by atoms with Gasteiger partial charge in [-0.05, 0) is 24.5 Å². The number of halogens is 1. The number of amides is 1. The van der Waals surface area contributed by atoms with E-state index in [1.165, 1.54) is 10.7 Å². The van der Waals surface area contributed by atoms with E-state index in [-0.39, 0.29) is 30.1 Å². The Morgan fingerprint density at radius 3 is 2.76 bits per heavy atom. The number of likely N-dealkylation sites (tertiary alicyclic amines) is 1. The summed E-state index contributed by atoms with van der Waals surface area (Å²) in [5, 5.41) is 7.98. The van der Waals surface area contributed by atoms with Gasteiger partial charge in [-0.2, -0.15) is 0 Å². The van der Waals surface area contributed by atoms with Gasteiger partial charge in [0.1, 0.15) is 5.82 Å². The van der Waals surface area contributed by atoms with Gasteiger partial charge in [0.15, 0.2) is 5.69 Å². The quantitative estimate of drug-likeness (QED) is 0.644. The average Bonchev–Trinajstić information content (AvgIpc) is 3.23. The van der Waals surface area contributed by atoms with Gasteiger partial charge in [0, 0.05) is 18.7 Å². The molecule has 1 unspecified atom stereocenters. The summed E-state index contributed by atoms with van der Waals surface area (Å²) in [5.74, 6) is -0.469. The summed E-state index contributed by atoms with van der Waals surface area (Å²) in [6, 6.07) is 16.5. The topological polar surface area (TPSA) is 60.2 Å². The number of benzene rings is 2. The minimum Gasteiger partial charge on any atom is -0.372 e. The highest BCUT2D eigenvalue weighted by molar-refractivity contribution is 5.92. The van der Waals surface area contributed by atoms with E-state index in [0.717, 1.165) is 18.4 Å². The number of piperidine rings is 1. The normalized spacial score (nSPS) is 16.7. The molecule has 1 aromatic heterocycles. The molecule has 1 aliphatic heterocycles. The molecule has 0 N–H and O–H groups in total. The minimum atomic E-state index is -0.301. The van der Waals surface area contributed by atoms with E-state index in [0.29, 0.717) is 25.3 Å². The van der Waals surface area contributed by atoms with E-state index in [2.05, 4.69) is 10.3 Å². The molecular weight excluding hydrogens is 371 g/mol. The van der Waals surface area contributed by atoms with Crippen LogP contribution < -0.4 is 0 Å². The number of hydrogen-bond donors (Lipinski definition) is 0. The lowest BCUT2D eigenvalue weighted by Crippen LogP contribution is -2.43. The summed E-state index contributed by atoms with van der Waals surface area (Å²) in [4.78, 5) is 14.6. The second kappa shape index (κ2) is 8.96. The SMILES string of the molecule is O=C(c1cn(Cc2ccccc2F)nn1)N1CCCC(OCc2ccccc2)C1. The van der Waals surface area contributed by atoms with Crippen LogP contribution >= 0.6 is 0 Å². The van der Waals surface area contributed by atoms with Crippen LogP contribution in [0.5, 0.6) is 0 Å². The van der Waals surface area contributed by atoms with Crippen molar-refractivity contribution < 1.29 is 13.9 Å². The van der Waals surface area contributed by atoms with E-state index in [1.54, 1.807) is 29.3 Å². The highest BCUT2D eigenvalue weighted by Gasteiger charge is 2.26. The summed E-state index contributed by atoms with van der Waals surface area (Å²) in [6.45, 7) is 1.97. The summed E-state index contributed by atoms with van der Waals surface area (Å²) >= 11 is 0. The van der Waals surface area contributed by atoms with Gasteiger partial charge in [0.05, 0.1) is 25.5 Å². The lowest BCUT2D eigenvalue weighted by Gasteiger charge is -2.32. The van der Waals surface area contributed by atoms with Crippen LogP contribution in [0.25, 0.3) is 0 Å². The zero-order valence-corrected chi connectivity index (χ0v) is 16.1. The predicted octanol–water partition coefficient (Wildman–Crippen LogP) is 3.29. The highest BCUT2D eigenvalue weighted by atomic mass is 19.1. The van der Waals surface area contributed by atoms with E-state index in [9.17, 15) is 9.18 Å². The number of rotatable bonds is 6. The summed E-state index contributed by atoms with van der Waals surface area (Å²) in [6.07, 6.45) is 3.38. The van der Waals surface area contributed by atoms with Crippen molar-refractivity contribution in [3.63, 3.8) is 0 Å². The molecule has 0 radical (unpaired) electrons. The smallest absolute Gasteiger partial charge is 0.276 e. The molecule has 1 saturated heterocycles. The van der Waals surface area contributed by atoms with Crippen LogP contribution in [0, 0.1) is 5.82 Å².